The second-order valence-electron chi connectivity index (χ2n) is 5.35. The van der Waals surface area contributed by atoms with Crippen molar-refractivity contribution in [2.24, 2.45) is 11.3 Å². The third-order valence-corrected chi connectivity index (χ3v) is 4.18. The Morgan fingerprint density at radius 2 is 1.95 bits per heavy atom. The zero-order chi connectivity index (χ0) is 14.5. The maximum Gasteiger partial charge on any atom is 0.315 e. The Kier molecular flexibility index (Phi) is 5.98. The van der Waals surface area contributed by atoms with E-state index in [0.717, 1.165) is 19.3 Å². The molecule has 110 valence electrons. The zero-order valence-corrected chi connectivity index (χ0v) is 12.5. The van der Waals surface area contributed by atoms with Crippen molar-refractivity contribution >= 4 is 11.8 Å². The average Bonchev–Trinajstić information content (AvgIpc) is 2.37. The Morgan fingerprint density at radius 3 is 2.42 bits per heavy atom. The molecule has 1 aliphatic rings. The normalized spacial score (nSPS) is 28.7. The predicted molar refractivity (Wildman–Crippen MR) is 72.8 cm³/mol. The summed E-state index contributed by atoms with van der Waals surface area (Å²) in [4.78, 5) is 24.5. The van der Waals surface area contributed by atoms with E-state index in [-0.39, 0.29) is 17.7 Å². The third-order valence-electron chi connectivity index (χ3n) is 4.18. The van der Waals surface area contributed by atoms with Gasteiger partial charge in [-0.2, -0.15) is 0 Å². The molecule has 0 radical (unpaired) electrons. The van der Waals surface area contributed by atoms with Crippen LogP contribution in [0.2, 0.25) is 0 Å². The lowest BCUT2D eigenvalue weighted by molar-refractivity contribution is -0.180. The molecule has 0 heterocycles. The number of ketones is 1. The molecule has 4 heteroatoms. The van der Waals surface area contributed by atoms with Crippen LogP contribution in [0.15, 0.2) is 0 Å². The van der Waals surface area contributed by atoms with Gasteiger partial charge in [0.25, 0.3) is 0 Å². The van der Waals surface area contributed by atoms with E-state index in [0.29, 0.717) is 19.6 Å². The Morgan fingerprint density at radius 1 is 1.26 bits per heavy atom. The van der Waals surface area contributed by atoms with Gasteiger partial charge < -0.3 is 9.47 Å². The van der Waals surface area contributed by atoms with Crippen molar-refractivity contribution in [2.75, 3.05) is 13.2 Å². The van der Waals surface area contributed by atoms with Gasteiger partial charge in [-0.15, -0.1) is 0 Å². The average molecular weight is 270 g/mol. The third kappa shape index (κ3) is 3.16. The van der Waals surface area contributed by atoms with Crippen LogP contribution in [0.1, 0.15) is 53.4 Å². The Bertz CT molecular complexity index is 326. The van der Waals surface area contributed by atoms with Gasteiger partial charge in [-0.05, 0) is 39.5 Å². The molecular weight excluding hydrogens is 244 g/mol. The SMILES string of the molecule is CCOC(=O)C1(C(OCC)C(C)=O)CCCCC1C. The number of esters is 1. The molecule has 1 saturated carbocycles. The fraction of sp³-hybridized carbons (Fsp3) is 0.867. The highest BCUT2D eigenvalue weighted by Crippen LogP contribution is 2.46. The summed E-state index contributed by atoms with van der Waals surface area (Å²) in [6, 6.07) is 0. The standard InChI is InChI=1S/C15H26O4/c1-5-18-13(12(4)16)15(14(17)19-6-2)10-8-7-9-11(15)3/h11,13H,5-10H2,1-4H3. The molecule has 0 aromatic heterocycles. The van der Waals surface area contributed by atoms with Crippen LogP contribution in [0.5, 0.6) is 0 Å². The number of rotatable bonds is 6. The molecule has 3 unspecified atom stereocenters. The van der Waals surface area contributed by atoms with Gasteiger partial charge in [-0.25, -0.2) is 0 Å². The van der Waals surface area contributed by atoms with E-state index in [4.69, 9.17) is 9.47 Å². The molecular formula is C15H26O4. The van der Waals surface area contributed by atoms with Crippen LogP contribution in [-0.2, 0) is 19.1 Å². The van der Waals surface area contributed by atoms with Crippen LogP contribution in [0, 0.1) is 11.3 Å². The first-order chi connectivity index (χ1) is 9.00. The van der Waals surface area contributed by atoms with Crippen molar-refractivity contribution in [1.29, 1.82) is 0 Å². The quantitative estimate of drug-likeness (QED) is 0.696. The predicted octanol–water partition coefficient (Wildman–Crippen LogP) is 2.74. The molecule has 1 rings (SSSR count). The minimum Gasteiger partial charge on any atom is -0.465 e. The molecule has 19 heavy (non-hydrogen) atoms. The summed E-state index contributed by atoms with van der Waals surface area (Å²) in [7, 11) is 0. The van der Waals surface area contributed by atoms with Crippen molar-refractivity contribution < 1.29 is 19.1 Å². The lowest BCUT2D eigenvalue weighted by Gasteiger charge is -2.44. The lowest BCUT2D eigenvalue weighted by Crippen LogP contribution is -2.53. The molecule has 0 bridgehead atoms. The van der Waals surface area contributed by atoms with Crippen LogP contribution in [-0.4, -0.2) is 31.1 Å². The second kappa shape index (κ2) is 7.04. The van der Waals surface area contributed by atoms with Gasteiger partial charge in [0.15, 0.2) is 5.78 Å². The summed E-state index contributed by atoms with van der Waals surface area (Å²) in [5.74, 6) is -0.236. The summed E-state index contributed by atoms with van der Waals surface area (Å²) in [6.07, 6.45) is 2.98. The summed E-state index contributed by atoms with van der Waals surface area (Å²) >= 11 is 0. The minimum absolute atomic E-state index is 0.0800. The van der Waals surface area contributed by atoms with Crippen LogP contribution in [0.3, 0.4) is 0 Å². The summed E-state index contributed by atoms with van der Waals surface area (Å²) in [5, 5.41) is 0. The fourth-order valence-electron chi connectivity index (χ4n) is 3.23. The Hall–Kier alpha value is -0.900. The molecule has 0 aromatic rings. The first-order valence-corrected chi connectivity index (χ1v) is 7.29. The maximum absolute atomic E-state index is 12.5. The maximum atomic E-state index is 12.5. The number of hydrogen-bond acceptors (Lipinski definition) is 4. The van der Waals surface area contributed by atoms with Gasteiger partial charge in [0.05, 0.1) is 6.61 Å². The van der Waals surface area contributed by atoms with E-state index < -0.39 is 11.5 Å². The highest BCUT2D eigenvalue weighted by atomic mass is 16.5. The van der Waals surface area contributed by atoms with Gasteiger partial charge in [0.2, 0.25) is 0 Å². The molecule has 0 spiro atoms. The van der Waals surface area contributed by atoms with Crippen molar-refractivity contribution in [2.45, 2.75) is 59.5 Å². The van der Waals surface area contributed by atoms with E-state index in [1.807, 2.05) is 13.8 Å². The minimum atomic E-state index is -0.796. The Balaban J connectivity index is 3.14. The molecule has 0 N–H and O–H groups in total. The zero-order valence-electron chi connectivity index (χ0n) is 12.5. The Labute approximate surface area is 115 Å². The first kappa shape index (κ1) is 16.2. The van der Waals surface area contributed by atoms with Crippen molar-refractivity contribution in [3.8, 4) is 0 Å². The summed E-state index contributed by atoms with van der Waals surface area (Å²) in [6.45, 7) is 7.95. The van der Waals surface area contributed by atoms with Crippen molar-refractivity contribution in [3.05, 3.63) is 0 Å². The topological polar surface area (TPSA) is 52.6 Å². The van der Waals surface area contributed by atoms with Gasteiger partial charge in [0.1, 0.15) is 11.5 Å². The number of hydrogen-bond donors (Lipinski definition) is 0. The molecule has 1 aliphatic carbocycles. The molecule has 0 saturated heterocycles. The first-order valence-electron chi connectivity index (χ1n) is 7.29. The number of carbonyl (C=O) groups is 2. The van der Waals surface area contributed by atoms with Gasteiger partial charge in [0, 0.05) is 6.61 Å². The molecule has 0 amide bonds. The molecule has 3 atom stereocenters. The van der Waals surface area contributed by atoms with Crippen LogP contribution in [0.25, 0.3) is 0 Å². The smallest absolute Gasteiger partial charge is 0.315 e. The molecule has 1 fully saturated rings. The largest absolute Gasteiger partial charge is 0.465 e. The molecule has 4 nitrogen and oxygen atoms in total. The number of Topliss-reactive ketones (excluding diaryl/α,β-unsaturated/α-hetero) is 1. The fourth-order valence-corrected chi connectivity index (χ4v) is 3.23. The van der Waals surface area contributed by atoms with E-state index in [9.17, 15) is 9.59 Å². The highest BCUT2D eigenvalue weighted by molar-refractivity contribution is 5.90. The van der Waals surface area contributed by atoms with Crippen molar-refractivity contribution in [1.82, 2.24) is 0 Å². The van der Waals surface area contributed by atoms with E-state index in [2.05, 4.69) is 0 Å². The molecule has 0 aromatic carbocycles. The lowest BCUT2D eigenvalue weighted by atomic mass is 9.63. The number of carbonyl (C=O) groups excluding carboxylic acids is 2. The molecule has 0 aliphatic heterocycles. The van der Waals surface area contributed by atoms with Gasteiger partial charge in [-0.3, -0.25) is 9.59 Å². The summed E-state index contributed by atoms with van der Waals surface area (Å²) in [5.41, 5.74) is -0.796. The van der Waals surface area contributed by atoms with E-state index in [1.54, 1.807) is 6.92 Å². The van der Waals surface area contributed by atoms with Gasteiger partial charge >= 0.3 is 5.97 Å². The summed E-state index contributed by atoms with van der Waals surface area (Å²) < 4.78 is 10.9. The highest BCUT2D eigenvalue weighted by Gasteiger charge is 2.54. The van der Waals surface area contributed by atoms with Crippen LogP contribution in [0.4, 0.5) is 0 Å². The monoisotopic (exact) mass is 270 g/mol. The number of ether oxygens (including phenoxy) is 2. The van der Waals surface area contributed by atoms with Crippen LogP contribution < -0.4 is 0 Å². The van der Waals surface area contributed by atoms with E-state index in [1.165, 1.54) is 6.92 Å². The second-order valence-corrected chi connectivity index (χ2v) is 5.35. The van der Waals surface area contributed by atoms with E-state index >= 15 is 0 Å². The van der Waals surface area contributed by atoms with Crippen molar-refractivity contribution in [3.63, 3.8) is 0 Å². The van der Waals surface area contributed by atoms with Gasteiger partial charge in [-0.1, -0.05) is 19.8 Å². The van der Waals surface area contributed by atoms with Crippen LogP contribution >= 0.6 is 0 Å².